The van der Waals surface area contributed by atoms with Crippen molar-refractivity contribution in [3.05, 3.63) is 77.9 Å². The molecule has 0 spiro atoms. The van der Waals surface area contributed by atoms with E-state index >= 15 is 0 Å². The van der Waals surface area contributed by atoms with E-state index in [9.17, 15) is 19.1 Å². The van der Waals surface area contributed by atoms with Crippen molar-refractivity contribution >= 4 is 12.2 Å². The maximum absolute atomic E-state index is 14.2. The van der Waals surface area contributed by atoms with Crippen LogP contribution in [0.3, 0.4) is 0 Å². The van der Waals surface area contributed by atoms with E-state index in [0.717, 1.165) is 6.07 Å². The number of amides is 1. The Morgan fingerprint density at radius 1 is 1.27 bits per heavy atom. The first-order valence-corrected chi connectivity index (χ1v) is 9.05. The molecule has 0 saturated heterocycles. The Kier molecular flexibility index (Phi) is 8.13. The van der Waals surface area contributed by atoms with Crippen LogP contribution < -0.4 is 20.1 Å². The summed E-state index contributed by atoms with van der Waals surface area (Å²) in [5.74, 6) is -0.950. The van der Waals surface area contributed by atoms with Crippen LogP contribution in [-0.2, 0) is 0 Å². The first-order chi connectivity index (χ1) is 14.4. The Balaban J connectivity index is 2.34. The van der Waals surface area contributed by atoms with Crippen LogP contribution in [0.4, 0.5) is 4.39 Å². The molecule has 0 aliphatic carbocycles. The Hall–Kier alpha value is -3.65. The van der Waals surface area contributed by atoms with Gasteiger partial charge in [0.25, 0.3) is 5.91 Å². The number of ether oxygens (including phenoxy) is 2. The summed E-state index contributed by atoms with van der Waals surface area (Å²) in [6.45, 7) is 5.14. The molecule has 2 aromatic rings. The maximum atomic E-state index is 14.2. The van der Waals surface area contributed by atoms with Crippen LogP contribution >= 0.6 is 0 Å². The molecule has 30 heavy (non-hydrogen) atoms. The second kappa shape index (κ2) is 10.8. The number of rotatable bonds is 10. The highest BCUT2D eigenvalue weighted by Gasteiger charge is 2.14. The normalized spacial score (nSPS) is 11.6. The standard InChI is InChI=1S/C22H23FN2O5/c1-14(6-7-24-3)25-22(28)17-9-18(29-15(2)12-26)11-19(10-17)30-21-5-4-16(13-27)8-20(21)23/h4-11,13,15,24,26H,1,12H2,2-3H3,(H,25,28)/b7-6-/t15-/m0/s1. The van der Waals surface area contributed by atoms with Crippen LogP contribution in [0.1, 0.15) is 27.6 Å². The van der Waals surface area contributed by atoms with E-state index in [1.165, 1.54) is 30.3 Å². The minimum atomic E-state index is -0.730. The molecule has 1 amide bonds. The largest absolute Gasteiger partial charge is 0.488 e. The molecule has 158 valence electrons. The summed E-state index contributed by atoms with van der Waals surface area (Å²) in [5.41, 5.74) is 0.695. The smallest absolute Gasteiger partial charge is 0.255 e. The lowest BCUT2D eigenvalue weighted by Gasteiger charge is -2.15. The minimum Gasteiger partial charge on any atom is -0.488 e. The summed E-state index contributed by atoms with van der Waals surface area (Å²) >= 11 is 0. The molecular weight excluding hydrogens is 391 g/mol. The molecular formula is C22H23FN2O5. The fourth-order valence-corrected chi connectivity index (χ4v) is 2.34. The number of aliphatic hydroxyl groups is 1. The van der Waals surface area contributed by atoms with Gasteiger partial charge in [0.15, 0.2) is 11.6 Å². The summed E-state index contributed by atoms with van der Waals surface area (Å²) in [7, 11) is 1.71. The van der Waals surface area contributed by atoms with Gasteiger partial charge in [-0.2, -0.15) is 0 Å². The number of halogens is 1. The first kappa shape index (κ1) is 22.6. The van der Waals surface area contributed by atoms with Gasteiger partial charge in [-0.05, 0) is 49.5 Å². The third-order valence-electron chi connectivity index (χ3n) is 3.78. The Morgan fingerprint density at radius 2 is 2.00 bits per heavy atom. The second-order valence-electron chi connectivity index (χ2n) is 6.32. The van der Waals surface area contributed by atoms with E-state index in [0.29, 0.717) is 12.0 Å². The zero-order chi connectivity index (χ0) is 22.1. The summed E-state index contributed by atoms with van der Waals surface area (Å²) in [6.07, 6.45) is 3.17. The molecule has 0 unspecified atom stereocenters. The van der Waals surface area contributed by atoms with Gasteiger partial charge in [-0.3, -0.25) is 9.59 Å². The van der Waals surface area contributed by atoms with E-state index in [-0.39, 0.29) is 35.0 Å². The summed E-state index contributed by atoms with van der Waals surface area (Å²) in [4.78, 5) is 23.4. The average molecular weight is 414 g/mol. The Morgan fingerprint density at radius 3 is 2.63 bits per heavy atom. The van der Waals surface area contributed by atoms with Crippen LogP contribution in [-0.4, -0.2) is 37.1 Å². The number of aliphatic hydroxyl groups excluding tert-OH is 1. The SMILES string of the molecule is C=C(/C=C\NC)NC(=O)c1cc(Oc2ccc(C=O)cc2F)cc(O[C@@H](C)CO)c1. The van der Waals surface area contributed by atoms with Crippen molar-refractivity contribution in [2.24, 2.45) is 0 Å². The lowest BCUT2D eigenvalue weighted by atomic mass is 10.1. The van der Waals surface area contributed by atoms with Gasteiger partial charge in [0, 0.05) is 29.9 Å². The van der Waals surface area contributed by atoms with Crippen LogP contribution in [0.5, 0.6) is 17.2 Å². The van der Waals surface area contributed by atoms with Crippen molar-refractivity contribution in [1.82, 2.24) is 10.6 Å². The molecule has 0 aromatic heterocycles. The lowest BCUT2D eigenvalue weighted by molar-refractivity contribution is 0.0965. The third kappa shape index (κ3) is 6.46. The van der Waals surface area contributed by atoms with E-state index in [1.807, 2.05) is 0 Å². The van der Waals surface area contributed by atoms with Gasteiger partial charge < -0.3 is 25.2 Å². The Labute approximate surface area is 173 Å². The molecule has 2 rings (SSSR count). The van der Waals surface area contributed by atoms with Gasteiger partial charge in [-0.1, -0.05) is 6.58 Å². The number of benzene rings is 2. The van der Waals surface area contributed by atoms with Crippen LogP contribution in [0.25, 0.3) is 0 Å². The quantitative estimate of drug-likeness (QED) is 0.408. The number of carbonyl (C=O) groups is 2. The lowest BCUT2D eigenvalue weighted by Crippen LogP contribution is -2.22. The molecule has 3 N–H and O–H groups in total. The van der Waals surface area contributed by atoms with E-state index in [2.05, 4.69) is 17.2 Å². The average Bonchev–Trinajstić information content (AvgIpc) is 2.73. The van der Waals surface area contributed by atoms with E-state index < -0.39 is 17.8 Å². The van der Waals surface area contributed by atoms with E-state index in [4.69, 9.17) is 9.47 Å². The van der Waals surface area contributed by atoms with Crippen molar-refractivity contribution < 1.29 is 28.6 Å². The second-order valence-corrected chi connectivity index (χ2v) is 6.32. The summed E-state index contributed by atoms with van der Waals surface area (Å²) < 4.78 is 25.3. The highest BCUT2D eigenvalue weighted by atomic mass is 19.1. The van der Waals surface area contributed by atoms with Gasteiger partial charge >= 0.3 is 0 Å². The molecule has 0 aliphatic rings. The van der Waals surface area contributed by atoms with Crippen LogP contribution in [0.2, 0.25) is 0 Å². The van der Waals surface area contributed by atoms with Gasteiger partial charge in [0.1, 0.15) is 23.9 Å². The van der Waals surface area contributed by atoms with Crippen molar-refractivity contribution in [3.8, 4) is 17.2 Å². The van der Waals surface area contributed by atoms with Gasteiger partial charge in [0.05, 0.1) is 6.61 Å². The molecule has 0 bridgehead atoms. The third-order valence-corrected chi connectivity index (χ3v) is 3.78. The number of hydrogen-bond acceptors (Lipinski definition) is 6. The van der Waals surface area contributed by atoms with Crippen molar-refractivity contribution in [2.45, 2.75) is 13.0 Å². The molecule has 7 nitrogen and oxygen atoms in total. The summed E-state index contributed by atoms with van der Waals surface area (Å²) in [5, 5.41) is 14.6. The predicted octanol–water partition coefficient (Wildman–Crippen LogP) is 3.17. The van der Waals surface area contributed by atoms with Gasteiger partial charge in [-0.25, -0.2) is 4.39 Å². The highest BCUT2D eigenvalue weighted by Crippen LogP contribution is 2.30. The monoisotopic (exact) mass is 414 g/mol. The molecule has 0 fully saturated rings. The van der Waals surface area contributed by atoms with E-state index in [1.54, 1.807) is 26.2 Å². The molecule has 0 aliphatic heterocycles. The number of aldehydes is 1. The van der Waals surface area contributed by atoms with Crippen LogP contribution in [0.15, 0.2) is 61.0 Å². The maximum Gasteiger partial charge on any atom is 0.255 e. The number of carbonyl (C=O) groups excluding carboxylic acids is 2. The fourth-order valence-electron chi connectivity index (χ4n) is 2.34. The molecule has 2 aromatic carbocycles. The highest BCUT2D eigenvalue weighted by molar-refractivity contribution is 5.96. The van der Waals surface area contributed by atoms with Crippen molar-refractivity contribution in [1.29, 1.82) is 0 Å². The van der Waals surface area contributed by atoms with Crippen molar-refractivity contribution in [3.63, 3.8) is 0 Å². The summed E-state index contributed by atoms with van der Waals surface area (Å²) in [6, 6.07) is 8.11. The zero-order valence-corrected chi connectivity index (χ0v) is 16.6. The number of nitrogens with one attached hydrogen (secondary N) is 2. The fraction of sp³-hybridized carbons (Fsp3) is 0.182. The Bertz CT molecular complexity index is 959. The van der Waals surface area contributed by atoms with Crippen LogP contribution in [0, 0.1) is 5.82 Å². The molecule has 0 saturated carbocycles. The minimum absolute atomic E-state index is 0.124. The molecule has 8 heteroatoms. The number of allylic oxidation sites excluding steroid dienone is 1. The molecule has 0 heterocycles. The topological polar surface area (TPSA) is 96.9 Å². The first-order valence-electron chi connectivity index (χ1n) is 9.05. The zero-order valence-electron chi connectivity index (χ0n) is 16.6. The number of hydrogen-bond donors (Lipinski definition) is 3. The molecule has 1 atom stereocenters. The predicted molar refractivity (Wildman–Crippen MR) is 110 cm³/mol. The molecule has 0 radical (unpaired) electrons. The van der Waals surface area contributed by atoms with Gasteiger partial charge in [0.2, 0.25) is 0 Å². The van der Waals surface area contributed by atoms with Crippen molar-refractivity contribution in [2.75, 3.05) is 13.7 Å². The van der Waals surface area contributed by atoms with Gasteiger partial charge in [-0.15, -0.1) is 0 Å².